The second-order valence-corrected chi connectivity index (χ2v) is 4.84. The summed E-state index contributed by atoms with van der Waals surface area (Å²) in [5.41, 5.74) is 0.187. The SMILES string of the molecule is O=C(NCC1CCCCN1)c1cccc(F)c1Cl. The number of carbonyl (C=O) groups is 1. The van der Waals surface area contributed by atoms with Crippen molar-refractivity contribution in [3.05, 3.63) is 34.6 Å². The lowest BCUT2D eigenvalue weighted by Crippen LogP contribution is -2.43. The quantitative estimate of drug-likeness (QED) is 0.885. The topological polar surface area (TPSA) is 41.1 Å². The van der Waals surface area contributed by atoms with E-state index in [2.05, 4.69) is 10.6 Å². The van der Waals surface area contributed by atoms with Crippen molar-refractivity contribution in [1.29, 1.82) is 0 Å². The zero-order valence-electron chi connectivity index (χ0n) is 10.0. The molecular weight excluding hydrogens is 255 g/mol. The normalized spacial score (nSPS) is 19.6. The maximum atomic E-state index is 13.2. The molecule has 18 heavy (non-hydrogen) atoms. The predicted octanol–water partition coefficient (Wildman–Crippen LogP) is 2.35. The van der Waals surface area contributed by atoms with Crippen molar-refractivity contribution in [1.82, 2.24) is 10.6 Å². The maximum absolute atomic E-state index is 13.2. The van der Waals surface area contributed by atoms with E-state index in [9.17, 15) is 9.18 Å². The highest BCUT2D eigenvalue weighted by atomic mass is 35.5. The summed E-state index contributed by atoms with van der Waals surface area (Å²) < 4.78 is 13.2. The number of hydrogen-bond donors (Lipinski definition) is 2. The molecule has 2 rings (SSSR count). The summed E-state index contributed by atoms with van der Waals surface area (Å²) in [6.45, 7) is 1.53. The van der Waals surface area contributed by atoms with Gasteiger partial charge in [-0.2, -0.15) is 0 Å². The third-order valence-electron chi connectivity index (χ3n) is 3.12. The highest BCUT2D eigenvalue weighted by Crippen LogP contribution is 2.19. The first-order chi connectivity index (χ1) is 8.68. The van der Waals surface area contributed by atoms with Crippen LogP contribution in [0.25, 0.3) is 0 Å². The largest absolute Gasteiger partial charge is 0.350 e. The fourth-order valence-electron chi connectivity index (χ4n) is 2.09. The average Bonchev–Trinajstić information content (AvgIpc) is 2.40. The Labute approximate surface area is 111 Å². The van der Waals surface area contributed by atoms with Crippen molar-refractivity contribution in [2.24, 2.45) is 0 Å². The molecule has 1 fully saturated rings. The van der Waals surface area contributed by atoms with Gasteiger partial charge < -0.3 is 10.6 Å². The Morgan fingerprint density at radius 3 is 3.06 bits per heavy atom. The molecule has 0 spiro atoms. The zero-order valence-corrected chi connectivity index (χ0v) is 10.8. The van der Waals surface area contributed by atoms with Crippen molar-refractivity contribution in [3.8, 4) is 0 Å². The Bertz CT molecular complexity index is 433. The van der Waals surface area contributed by atoms with Gasteiger partial charge in [-0.05, 0) is 31.5 Å². The Morgan fingerprint density at radius 2 is 2.33 bits per heavy atom. The number of rotatable bonds is 3. The lowest BCUT2D eigenvalue weighted by molar-refractivity contribution is 0.0947. The number of carbonyl (C=O) groups excluding carboxylic acids is 1. The van der Waals surface area contributed by atoms with Gasteiger partial charge in [-0.3, -0.25) is 4.79 Å². The molecule has 0 saturated carbocycles. The smallest absolute Gasteiger partial charge is 0.252 e. The van der Waals surface area contributed by atoms with Crippen LogP contribution in [0.15, 0.2) is 18.2 Å². The second kappa shape index (κ2) is 6.16. The van der Waals surface area contributed by atoms with E-state index in [0.717, 1.165) is 13.0 Å². The Hall–Kier alpha value is -1.13. The summed E-state index contributed by atoms with van der Waals surface area (Å²) in [5, 5.41) is 6.00. The minimum atomic E-state index is -0.569. The first-order valence-electron chi connectivity index (χ1n) is 6.14. The van der Waals surface area contributed by atoms with Crippen LogP contribution in [-0.2, 0) is 0 Å². The van der Waals surface area contributed by atoms with Crippen LogP contribution in [0.4, 0.5) is 4.39 Å². The van der Waals surface area contributed by atoms with Crippen LogP contribution in [0.5, 0.6) is 0 Å². The lowest BCUT2D eigenvalue weighted by Gasteiger charge is -2.23. The molecule has 98 valence electrons. The van der Waals surface area contributed by atoms with Crippen LogP contribution < -0.4 is 10.6 Å². The van der Waals surface area contributed by atoms with Crippen molar-refractivity contribution in [3.63, 3.8) is 0 Å². The van der Waals surface area contributed by atoms with Crippen molar-refractivity contribution in [2.75, 3.05) is 13.1 Å². The lowest BCUT2D eigenvalue weighted by atomic mass is 10.1. The molecule has 5 heteroatoms. The highest BCUT2D eigenvalue weighted by molar-refractivity contribution is 6.34. The number of benzene rings is 1. The summed E-state index contributed by atoms with van der Waals surface area (Å²) >= 11 is 5.76. The molecule has 2 N–H and O–H groups in total. The van der Waals surface area contributed by atoms with Crippen LogP contribution >= 0.6 is 11.6 Å². The Kier molecular flexibility index (Phi) is 4.55. The molecule has 1 aromatic carbocycles. The van der Waals surface area contributed by atoms with Gasteiger partial charge in [0.05, 0.1) is 10.6 Å². The van der Waals surface area contributed by atoms with E-state index in [1.807, 2.05) is 0 Å². The Balaban J connectivity index is 1.93. The van der Waals surface area contributed by atoms with Gasteiger partial charge in [-0.1, -0.05) is 24.1 Å². The summed E-state index contributed by atoms with van der Waals surface area (Å²) in [6, 6.07) is 4.54. The first kappa shape index (κ1) is 13.3. The van der Waals surface area contributed by atoms with E-state index >= 15 is 0 Å². The average molecular weight is 271 g/mol. The molecule has 1 saturated heterocycles. The van der Waals surface area contributed by atoms with E-state index in [4.69, 9.17) is 11.6 Å². The number of amides is 1. The van der Waals surface area contributed by atoms with Crippen molar-refractivity contribution in [2.45, 2.75) is 25.3 Å². The molecule has 1 unspecified atom stereocenters. The van der Waals surface area contributed by atoms with Gasteiger partial charge in [0.15, 0.2) is 0 Å². The first-order valence-corrected chi connectivity index (χ1v) is 6.52. The van der Waals surface area contributed by atoms with Crippen LogP contribution in [0.2, 0.25) is 5.02 Å². The van der Waals surface area contributed by atoms with Crippen LogP contribution in [-0.4, -0.2) is 25.0 Å². The molecule has 0 aliphatic carbocycles. The number of nitrogens with one attached hydrogen (secondary N) is 2. The third kappa shape index (κ3) is 3.21. The maximum Gasteiger partial charge on any atom is 0.252 e. The third-order valence-corrected chi connectivity index (χ3v) is 3.50. The number of halogens is 2. The van der Waals surface area contributed by atoms with E-state index < -0.39 is 5.82 Å². The molecule has 1 aliphatic heterocycles. The molecule has 0 bridgehead atoms. The molecule has 1 amide bonds. The van der Waals surface area contributed by atoms with E-state index in [1.54, 1.807) is 0 Å². The van der Waals surface area contributed by atoms with Gasteiger partial charge in [0.25, 0.3) is 5.91 Å². The van der Waals surface area contributed by atoms with Gasteiger partial charge in [-0.15, -0.1) is 0 Å². The van der Waals surface area contributed by atoms with Crippen molar-refractivity contribution >= 4 is 17.5 Å². The summed E-state index contributed by atoms with van der Waals surface area (Å²) in [6.07, 6.45) is 3.41. The van der Waals surface area contributed by atoms with E-state index in [-0.39, 0.29) is 16.5 Å². The number of hydrogen-bond acceptors (Lipinski definition) is 2. The molecule has 0 aromatic heterocycles. The summed E-state index contributed by atoms with van der Waals surface area (Å²) in [5.74, 6) is -0.896. The van der Waals surface area contributed by atoms with Gasteiger partial charge in [-0.25, -0.2) is 4.39 Å². The minimum absolute atomic E-state index is 0.119. The van der Waals surface area contributed by atoms with E-state index in [1.165, 1.54) is 31.0 Å². The monoisotopic (exact) mass is 270 g/mol. The zero-order chi connectivity index (χ0) is 13.0. The highest BCUT2D eigenvalue weighted by Gasteiger charge is 2.16. The molecule has 1 heterocycles. The number of piperidine rings is 1. The molecular formula is C13H16ClFN2O. The minimum Gasteiger partial charge on any atom is -0.350 e. The molecule has 1 aliphatic rings. The van der Waals surface area contributed by atoms with Crippen LogP contribution in [0.3, 0.4) is 0 Å². The van der Waals surface area contributed by atoms with Gasteiger partial charge in [0.2, 0.25) is 0 Å². The molecule has 0 radical (unpaired) electrons. The summed E-state index contributed by atoms with van der Waals surface area (Å²) in [7, 11) is 0. The van der Waals surface area contributed by atoms with Crippen LogP contribution in [0, 0.1) is 5.82 Å². The van der Waals surface area contributed by atoms with Gasteiger partial charge in [0, 0.05) is 12.6 Å². The standard InChI is InChI=1S/C13H16ClFN2O/c14-12-10(5-3-6-11(12)15)13(18)17-8-9-4-1-2-7-16-9/h3,5-6,9,16H,1-2,4,7-8H2,(H,17,18). The van der Waals surface area contributed by atoms with Crippen molar-refractivity contribution < 1.29 is 9.18 Å². The van der Waals surface area contributed by atoms with Crippen LogP contribution in [0.1, 0.15) is 29.6 Å². The molecule has 3 nitrogen and oxygen atoms in total. The fourth-order valence-corrected chi connectivity index (χ4v) is 2.30. The van der Waals surface area contributed by atoms with Gasteiger partial charge >= 0.3 is 0 Å². The van der Waals surface area contributed by atoms with E-state index in [0.29, 0.717) is 12.6 Å². The second-order valence-electron chi connectivity index (χ2n) is 4.46. The fraction of sp³-hybridized carbons (Fsp3) is 0.462. The Morgan fingerprint density at radius 1 is 1.50 bits per heavy atom. The predicted molar refractivity (Wildman–Crippen MR) is 69.4 cm³/mol. The van der Waals surface area contributed by atoms with Gasteiger partial charge in [0.1, 0.15) is 5.82 Å². The molecule has 1 atom stereocenters. The molecule has 1 aromatic rings. The summed E-state index contributed by atoms with van der Waals surface area (Å²) in [4.78, 5) is 11.9.